The molecule has 0 aromatic heterocycles. The van der Waals surface area contributed by atoms with Gasteiger partial charge in [0.2, 0.25) is 0 Å². The SMILES string of the molecule is CC(=O)OC1C(C)(C)CCCC1(C)C. The minimum Gasteiger partial charge on any atom is -0.461 e. The lowest BCUT2D eigenvalue weighted by Crippen LogP contribution is -2.47. The summed E-state index contributed by atoms with van der Waals surface area (Å²) in [6.45, 7) is 10.3. The molecule has 0 aromatic carbocycles. The molecule has 0 heterocycles. The molecule has 2 nitrogen and oxygen atoms in total. The van der Waals surface area contributed by atoms with Gasteiger partial charge >= 0.3 is 5.97 Å². The molecule has 0 aliphatic heterocycles. The molecule has 0 amide bonds. The van der Waals surface area contributed by atoms with Gasteiger partial charge in [-0.1, -0.05) is 34.1 Å². The van der Waals surface area contributed by atoms with E-state index in [0.29, 0.717) is 0 Å². The maximum atomic E-state index is 11.1. The van der Waals surface area contributed by atoms with E-state index in [1.54, 1.807) is 0 Å². The normalized spacial score (nSPS) is 25.8. The maximum Gasteiger partial charge on any atom is 0.302 e. The summed E-state index contributed by atoms with van der Waals surface area (Å²) in [5.74, 6) is -0.155. The molecular weight excluding hydrogens is 176 g/mol. The van der Waals surface area contributed by atoms with E-state index < -0.39 is 0 Å². The van der Waals surface area contributed by atoms with Gasteiger partial charge in [0, 0.05) is 17.8 Å². The number of ether oxygens (including phenoxy) is 1. The van der Waals surface area contributed by atoms with Crippen molar-refractivity contribution in [1.29, 1.82) is 0 Å². The van der Waals surface area contributed by atoms with Gasteiger partial charge in [0.15, 0.2) is 0 Å². The van der Waals surface area contributed by atoms with Crippen molar-refractivity contribution in [3.63, 3.8) is 0 Å². The highest BCUT2D eigenvalue weighted by molar-refractivity contribution is 5.66. The smallest absolute Gasteiger partial charge is 0.302 e. The van der Waals surface area contributed by atoms with Crippen LogP contribution in [-0.4, -0.2) is 12.1 Å². The number of carbonyl (C=O) groups is 1. The fourth-order valence-corrected chi connectivity index (χ4v) is 2.80. The minimum absolute atomic E-state index is 0.0567. The van der Waals surface area contributed by atoms with Gasteiger partial charge in [-0.25, -0.2) is 0 Å². The summed E-state index contributed by atoms with van der Waals surface area (Å²) in [4.78, 5) is 11.1. The molecule has 0 bridgehead atoms. The van der Waals surface area contributed by atoms with E-state index in [2.05, 4.69) is 27.7 Å². The Balaban J connectivity index is 2.85. The van der Waals surface area contributed by atoms with Crippen LogP contribution in [-0.2, 0) is 9.53 Å². The zero-order chi connectivity index (χ0) is 11.0. The second-order valence-corrected chi connectivity index (χ2v) is 5.82. The lowest BCUT2D eigenvalue weighted by atomic mass is 9.63. The van der Waals surface area contributed by atoms with Crippen LogP contribution in [0.5, 0.6) is 0 Å². The Labute approximate surface area is 87.0 Å². The molecule has 1 aliphatic carbocycles. The van der Waals surface area contributed by atoms with Crippen LogP contribution >= 0.6 is 0 Å². The van der Waals surface area contributed by atoms with Crippen LogP contribution in [0.3, 0.4) is 0 Å². The molecular formula is C12H22O2. The Morgan fingerprint density at radius 3 is 1.93 bits per heavy atom. The van der Waals surface area contributed by atoms with Gasteiger partial charge in [0.25, 0.3) is 0 Å². The minimum atomic E-state index is -0.155. The standard InChI is InChI=1S/C12H22O2/c1-9(13)14-10-11(2,3)7-6-8-12(10,4)5/h10H,6-8H2,1-5H3. The highest BCUT2D eigenvalue weighted by Gasteiger charge is 2.46. The molecule has 0 N–H and O–H groups in total. The first-order valence-corrected chi connectivity index (χ1v) is 5.43. The molecule has 0 aromatic rings. The Bertz CT molecular complexity index is 212. The third-order valence-corrected chi connectivity index (χ3v) is 3.35. The highest BCUT2D eigenvalue weighted by atomic mass is 16.5. The summed E-state index contributed by atoms with van der Waals surface area (Å²) in [6, 6.07) is 0. The van der Waals surface area contributed by atoms with Crippen LogP contribution < -0.4 is 0 Å². The van der Waals surface area contributed by atoms with E-state index in [0.717, 1.165) is 12.8 Å². The second kappa shape index (κ2) is 3.56. The van der Waals surface area contributed by atoms with Gasteiger partial charge in [0.1, 0.15) is 6.10 Å². The third-order valence-electron chi connectivity index (χ3n) is 3.35. The third kappa shape index (κ3) is 2.28. The average molecular weight is 198 g/mol. The largest absolute Gasteiger partial charge is 0.461 e. The molecule has 1 fully saturated rings. The number of hydrogen-bond acceptors (Lipinski definition) is 2. The molecule has 0 spiro atoms. The van der Waals surface area contributed by atoms with Gasteiger partial charge in [0.05, 0.1) is 0 Å². The summed E-state index contributed by atoms with van der Waals surface area (Å²) in [5, 5.41) is 0. The topological polar surface area (TPSA) is 26.3 Å². The van der Waals surface area contributed by atoms with Crippen LogP contribution in [0.1, 0.15) is 53.9 Å². The van der Waals surface area contributed by atoms with Crippen molar-refractivity contribution in [3.8, 4) is 0 Å². The molecule has 14 heavy (non-hydrogen) atoms. The molecule has 1 aliphatic rings. The summed E-state index contributed by atoms with van der Waals surface area (Å²) in [6.07, 6.45) is 3.59. The summed E-state index contributed by atoms with van der Waals surface area (Å²) in [7, 11) is 0. The first-order chi connectivity index (χ1) is 6.26. The van der Waals surface area contributed by atoms with E-state index in [1.165, 1.54) is 13.3 Å². The Kier molecular flexibility index (Phi) is 2.93. The molecule has 0 atom stereocenters. The van der Waals surface area contributed by atoms with Gasteiger partial charge in [-0.15, -0.1) is 0 Å². The van der Waals surface area contributed by atoms with Crippen molar-refractivity contribution in [1.82, 2.24) is 0 Å². The van der Waals surface area contributed by atoms with Crippen molar-refractivity contribution in [2.75, 3.05) is 0 Å². The second-order valence-electron chi connectivity index (χ2n) is 5.82. The van der Waals surface area contributed by atoms with Gasteiger partial charge < -0.3 is 4.74 Å². The van der Waals surface area contributed by atoms with Crippen LogP contribution in [0.25, 0.3) is 0 Å². The highest BCUT2D eigenvalue weighted by Crippen LogP contribution is 2.47. The molecule has 82 valence electrons. The van der Waals surface area contributed by atoms with Crippen LogP contribution in [0.15, 0.2) is 0 Å². The summed E-state index contributed by atoms with van der Waals surface area (Å²) in [5.41, 5.74) is 0.237. The zero-order valence-corrected chi connectivity index (χ0v) is 10.0. The Morgan fingerprint density at radius 1 is 1.14 bits per heavy atom. The Hall–Kier alpha value is -0.530. The summed E-state index contributed by atoms with van der Waals surface area (Å²) < 4.78 is 5.48. The van der Waals surface area contributed by atoms with Gasteiger partial charge in [-0.3, -0.25) is 4.79 Å². The average Bonchev–Trinajstić information content (AvgIpc) is 1.96. The van der Waals surface area contributed by atoms with Crippen molar-refractivity contribution in [2.45, 2.75) is 60.0 Å². The van der Waals surface area contributed by atoms with Crippen LogP contribution in [0, 0.1) is 10.8 Å². The number of esters is 1. The van der Waals surface area contributed by atoms with Crippen molar-refractivity contribution in [2.24, 2.45) is 10.8 Å². The molecule has 2 heteroatoms. The molecule has 0 saturated heterocycles. The summed E-state index contributed by atoms with van der Waals surface area (Å²) >= 11 is 0. The van der Waals surface area contributed by atoms with E-state index in [1.807, 2.05) is 0 Å². The van der Waals surface area contributed by atoms with E-state index >= 15 is 0 Å². The lowest BCUT2D eigenvalue weighted by molar-refractivity contribution is -0.169. The zero-order valence-electron chi connectivity index (χ0n) is 10.0. The van der Waals surface area contributed by atoms with Crippen LogP contribution in [0.4, 0.5) is 0 Å². The van der Waals surface area contributed by atoms with E-state index in [9.17, 15) is 4.79 Å². The number of carbonyl (C=O) groups excluding carboxylic acids is 1. The molecule has 0 unspecified atom stereocenters. The van der Waals surface area contributed by atoms with Crippen LogP contribution in [0.2, 0.25) is 0 Å². The number of hydrogen-bond donors (Lipinski definition) is 0. The first kappa shape index (κ1) is 11.5. The molecule has 0 radical (unpaired) electrons. The van der Waals surface area contributed by atoms with Crippen molar-refractivity contribution >= 4 is 5.97 Å². The van der Waals surface area contributed by atoms with Gasteiger partial charge in [-0.2, -0.15) is 0 Å². The quantitative estimate of drug-likeness (QED) is 0.605. The predicted molar refractivity (Wildman–Crippen MR) is 57.0 cm³/mol. The molecule has 1 saturated carbocycles. The van der Waals surface area contributed by atoms with E-state index in [-0.39, 0.29) is 22.9 Å². The monoisotopic (exact) mass is 198 g/mol. The fraction of sp³-hybridized carbons (Fsp3) is 0.917. The van der Waals surface area contributed by atoms with Gasteiger partial charge in [-0.05, 0) is 12.8 Å². The first-order valence-electron chi connectivity index (χ1n) is 5.43. The number of rotatable bonds is 1. The molecule has 1 rings (SSSR count). The van der Waals surface area contributed by atoms with Crippen molar-refractivity contribution in [3.05, 3.63) is 0 Å². The fourth-order valence-electron chi connectivity index (χ4n) is 2.80. The maximum absolute atomic E-state index is 11.1. The van der Waals surface area contributed by atoms with E-state index in [4.69, 9.17) is 4.74 Å². The lowest BCUT2D eigenvalue weighted by Gasteiger charge is -2.47. The Morgan fingerprint density at radius 2 is 1.57 bits per heavy atom. The predicted octanol–water partition coefficient (Wildman–Crippen LogP) is 3.15. The van der Waals surface area contributed by atoms with Crippen molar-refractivity contribution < 1.29 is 9.53 Å².